The zero-order chi connectivity index (χ0) is 47.5. The van der Waals surface area contributed by atoms with Crippen LogP contribution in [0.5, 0.6) is 0 Å². The Morgan fingerprint density at radius 2 is 1.00 bits per heavy atom. The van der Waals surface area contributed by atoms with E-state index in [1.165, 1.54) is 0 Å². The van der Waals surface area contributed by atoms with Crippen molar-refractivity contribution in [3.05, 3.63) is 0 Å². The molecule has 0 fully saturated rings. The van der Waals surface area contributed by atoms with Gasteiger partial charge in [-0.25, -0.2) is 4.79 Å². The summed E-state index contributed by atoms with van der Waals surface area (Å²) in [5.74, 6) is -11.1. The first-order valence-corrected chi connectivity index (χ1v) is 19.8. The van der Waals surface area contributed by atoms with Crippen LogP contribution in [0.2, 0.25) is 0 Å². The number of nitrogens with two attached hydrogens (primary N) is 7. The number of hydrogen-bond acceptors (Lipinski definition) is 14. The third-order valence-corrected chi connectivity index (χ3v) is 9.10. The fraction of sp³-hybridized carbons (Fsp3) is 0.686. The standard InChI is InChI=1S/C35H65N15O12/c1-3-17(2)26(32(60)47-21(33(61)62)8-4-5-11-36)50-29(57)20(10-7-13-44-35(41)42)46-30(58)22(15-24(38)52)48-31(59)23(16-51)49-28(56)19(9-6-12-43-34(39)40)45-27(55)18(37)14-25(53)54/h17-23,26,51H,3-16,36-37H2,1-2H3,(H2,38,52)(H,45,55)(H,46,58)(H,47,60)(H,48,59)(H,49,56)(H,50,57)(H,53,54)(H,61,62)(H4,39,40,43)(H4,41,42,44)/t17-,18-,19-,20-,21-,22-,23-,26-/m0/s1. The van der Waals surface area contributed by atoms with Crippen molar-refractivity contribution in [2.24, 2.45) is 56.0 Å². The van der Waals surface area contributed by atoms with Crippen molar-refractivity contribution in [2.45, 2.75) is 120 Å². The monoisotopic (exact) mass is 887 g/mol. The molecular formula is C35H65N15O12. The summed E-state index contributed by atoms with van der Waals surface area (Å²) in [6, 6.07) is -10.7. The molecule has 62 heavy (non-hydrogen) atoms. The van der Waals surface area contributed by atoms with E-state index < -0.39 is 121 Å². The van der Waals surface area contributed by atoms with Crippen LogP contribution in [0, 0.1) is 5.92 Å². The predicted molar refractivity (Wildman–Crippen MR) is 223 cm³/mol. The van der Waals surface area contributed by atoms with Gasteiger partial charge >= 0.3 is 11.9 Å². The van der Waals surface area contributed by atoms with Gasteiger partial charge in [0.2, 0.25) is 41.4 Å². The van der Waals surface area contributed by atoms with Gasteiger partial charge in [0.15, 0.2) is 11.9 Å². The number of nitrogens with one attached hydrogen (secondary N) is 6. The highest BCUT2D eigenvalue weighted by Crippen LogP contribution is 2.12. The number of carboxylic acids is 2. The number of primary amides is 1. The molecule has 0 aliphatic heterocycles. The lowest BCUT2D eigenvalue weighted by molar-refractivity contribution is -0.143. The van der Waals surface area contributed by atoms with Crippen LogP contribution in [-0.4, -0.2) is 149 Å². The van der Waals surface area contributed by atoms with Crippen LogP contribution in [0.25, 0.3) is 0 Å². The van der Waals surface area contributed by atoms with Crippen molar-refractivity contribution >= 4 is 65.2 Å². The lowest BCUT2D eigenvalue weighted by Crippen LogP contribution is -2.61. The maximum Gasteiger partial charge on any atom is 0.326 e. The summed E-state index contributed by atoms with van der Waals surface area (Å²) >= 11 is 0. The number of carbonyl (C=O) groups excluding carboxylic acids is 7. The molecule has 0 aromatic carbocycles. The van der Waals surface area contributed by atoms with E-state index in [9.17, 15) is 53.4 Å². The van der Waals surface area contributed by atoms with Crippen LogP contribution in [0.3, 0.4) is 0 Å². The Kier molecular flexibility index (Phi) is 26.8. The van der Waals surface area contributed by atoms with Gasteiger partial charge in [-0.2, -0.15) is 0 Å². The summed E-state index contributed by atoms with van der Waals surface area (Å²) in [7, 11) is 0. The number of aliphatic imine (C=N–C) groups is 2. The van der Waals surface area contributed by atoms with E-state index in [2.05, 4.69) is 41.9 Å². The number of aliphatic hydroxyl groups excluding tert-OH is 1. The fourth-order valence-corrected chi connectivity index (χ4v) is 5.49. The molecule has 352 valence electrons. The molecule has 0 heterocycles. The highest BCUT2D eigenvalue weighted by atomic mass is 16.4. The number of guanidine groups is 2. The third-order valence-electron chi connectivity index (χ3n) is 9.10. The molecule has 0 aliphatic rings. The molecule has 27 nitrogen and oxygen atoms in total. The van der Waals surface area contributed by atoms with Gasteiger partial charge in [-0.3, -0.25) is 48.3 Å². The van der Waals surface area contributed by atoms with E-state index in [-0.39, 0.29) is 57.1 Å². The second kappa shape index (κ2) is 29.8. The van der Waals surface area contributed by atoms with Gasteiger partial charge in [-0.15, -0.1) is 0 Å². The van der Waals surface area contributed by atoms with Crippen LogP contribution < -0.4 is 72.0 Å². The van der Waals surface area contributed by atoms with Crippen molar-refractivity contribution in [1.29, 1.82) is 0 Å². The minimum Gasteiger partial charge on any atom is -0.481 e. The zero-order valence-corrected chi connectivity index (χ0v) is 35.0. The number of amides is 7. The minimum atomic E-state index is -1.83. The van der Waals surface area contributed by atoms with Crippen LogP contribution in [0.4, 0.5) is 0 Å². The smallest absolute Gasteiger partial charge is 0.326 e. The van der Waals surface area contributed by atoms with E-state index in [0.29, 0.717) is 25.8 Å². The van der Waals surface area contributed by atoms with Crippen LogP contribution >= 0.6 is 0 Å². The maximum atomic E-state index is 13.8. The van der Waals surface area contributed by atoms with Crippen molar-refractivity contribution < 1.29 is 58.5 Å². The lowest BCUT2D eigenvalue weighted by Gasteiger charge is -2.29. The first kappa shape index (κ1) is 55.7. The molecule has 0 rings (SSSR count). The molecule has 0 aromatic rings. The average Bonchev–Trinajstić information content (AvgIpc) is 3.18. The second-order valence-electron chi connectivity index (χ2n) is 14.3. The molecule has 0 saturated heterocycles. The second-order valence-corrected chi connectivity index (χ2v) is 14.3. The molecule has 0 radical (unpaired) electrons. The third kappa shape index (κ3) is 22.9. The summed E-state index contributed by atoms with van der Waals surface area (Å²) in [4.78, 5) is 123. The van der Waals surface area contributed by atoms with Crippen molar-refractivity contribution in [2.75, 3.05) is 26.2 Å². The number of aliphatic hydroxyl groups is 1. The molecule has 7 amide bonds. The topological polar surface area (TPSA) is 493 Å². The van der Waals surface area contributed by atoms with Crippen LogP contribution in [-0.2, 0) is 43.2 Å². The van der Waals surface area contributed by atoms with Crippen LogP contribution in [0.1, 0.15) is 78.1 Å². The first-order chi connectivity index (χ1) is 29.1. The summed E-state index contributed by atoms with van der Waals surface area (Å²) in [5, 5.41) is 42.8. The minimum absolute atomic E-state index is 0.00339. The number of unbranched alkanes of at least 4 members (excludes halogenated alkanes) is 1. The Morgan fingerprint density at radius 3 is 1.45 bits per heavy atom. The van der Waals surface area contributed by atoms with Crippen molar-refractivity contribution in [3.63, 3.8) is 0 Å². The average molecular weight is 888 g/mol. The molecule has 27 heteroatoms. The van der Waals surface area contributed by atoms with Gasteiger partial charge in [0.1, 0.15) is 36.3 Å². The van der Waals surface area contributed by atoms with Gasteiger partial charge in [0, 0.05) is 13.1 Å². The van der Waals surface area contributed by atoms with E-state index >= 15 is 0 Å². The fourth-order valence-electron chi connectivity index (χ4n) is 5.49. The lowest BCUT2D eigenvalue weighted by atomic mass is 9.96. The molecular weight excluding hydrogens is 822 g/mol. The molecule has 0 bridgehead atoms. The van der Waals surface area contributed by atoms with Gasteiger partial charge in [-0.05, 0) is 57.4 Å². The number of carboxylic acid groups (broad SMARTS) is 2. The number of nitrogens with zero attached hydrogens (tertiary/aromatic N) is 2. The summed E-state index contributed by atoms with van der Waals surface area (Å²) in [5.41, 5.74) is 37.9. The SMILES string of the molecule is CC[C@H](C)[C@H](NC(=O)[C@H](CCCN=C(N)N)NC(=O)[C@H](CC(N)=O)NC(=O)[C@H](CO)NC(=O)[C@H](CCCN=C(N)N)NC(=O)[C@@H](N)CC(=O)O)C(=O)N[C@@H](CCCCN)C(=O)O. The molecule has 0 saturated carbocycles. The van der Waals surface area contributed by atoms with Crippen LogP contribution in [0.15, 0.2) is 9.98 Å². The Bertz CT molecular complexity index is 1590. The summed E-state index contributed by atoms with van der Waals surface area (Å²) in [6.07, 6.45) is -0.475. The Labute approximate surface area is 357 Å². The first-order valence-electron chi connectivity index (χ1n) is 19.8. The predicted octanol–water partition coefficient (Wildman–Crippen LogP) is -7.07. The largest absolute Gasteiger partial charge is 0.481 e. The van der Waals surface area contributed by atoms with Crippen molar-refractivity contribution in [3.8, 4) is 0 Å². The highest BCUT2D eigenvalue weighted by Gasteiger charge is 2.35. The molecule has 0 aliphatic carbocycles. The Morgan fingerprint density at radius 1 is 0.565 bits per heavy atom. The molecule has 8 atom stereocenters. The number of carbonyl (C=O) groups is 9. The normalized spacial score (nSPS) is 14.7. The molecule has 0 unspecified atom stereocenters. The number of aliphatic carboxylic acids is 2. The summed E-state index contributed by atoms with van der Waals surface area (Å²) < 4.78 is 0. The molecule has 0 spiro atoms. The number of hydrogen-bond donors (Lipinski definition) is 16. The molecule has 0 aromatic heterocycles. The number of rotatable bonds is 32. The van der Waals surface area contributed by atoms with Gasteiger partial charge in [-0.1, -0.05) is 20.3 Å². The van der Waals surface area contributed by atoms with Gasteiger partial charge < -0.3 is 87.4 Å². The Balaban J connectivity index is 6.43. The van der Waals surface area contributed by atoms with Gasteiger partial charge in [0.25, 0.3) is 0 Å². The van der Waals surface area contributed by atoms with E-state index in [1.54, 1.807) is 13.8 Å². The van der Waals surface area contributed by atoms with E-state index in [1.807, 2.05) is 0 Å². The maximum absolute atomic E-state index is 13.8. The summed E-state index contributed by atoms with van der Waals surface area (Å²) in [6.45, 7) is 2.57. The highest BCUT2D eigenvalue weighted by molar-refractivity contribution is 5.98. The van der Waals surface area contributed by atoms with Gasteiger partial charge in [0.05, 0.1) is 25.5 Å². The molecule has 23 N–H and O–H groups in total. The van der Waals surface area contributed by atoms with E-state index in [0.717, 1.165) is 0 Å². The quantitative estimate of drug-likeness (QED) is 0.0169. The zero-order valence-electron chi connectivity index (χ0n) is 35.0. The van der Waals surface area contributed by atoms with E-state index in [4.69, 9.17) is 45.2 Å². The Hall–Kier alpha value is -6.35. The van der Waals surface area contributed by atoms with Crippen molar-refractivity contribution in [1.82, 2.24) is 31.9 Å².